The molecule has 2 N–H and O–H groups in total. The molecule has 0 aliphatic heterocycles. The van der Waals surface area contributed by atoms with Crippen LogP contribution in [0, 0.1) is 0 Å². The molecule has 1 atom stereocenters. The molecule has 1 aliphatic carbocycles. The second-order valence-corrected chi connectivity index (χ2v) is 10.3. The van der Waals surface area contributed by atoms with Gasteiger partial charge in [-0.1, -0.05) is 42.0 Å². The summed E-state index contributed by atoms with van der Waals surface area (Å²) in [7, 11) is -2.51. The lowest BCUT2D eigenvalue weighted by Gasteiger charge is -2.19. The van der Waals surface area contributed by atoms with E-state index < -0.39 is 21.8 Å². The van der Waals surface area contributed by atoms with Crippen molar-refractivity contribution in [1.29, 1.82) is 0 Å². The fraction of sp³-hybridized carbons (Fsp3) is 0.360. The van der Waals surface area contributed by atoms with Crippen molar-refractivity contribution < 1.29 is 17.6 Å². The third-order valence-electron chi connectivity index (χ3n) is 6.10. The standard InChI is InChI=1S/C25H29N3O5S/c1-28-22-13-12-20(17-23(22)33-25(28)30)34(31,32)27-21(16-19-10-6-3-7-11-19)24(29)26-15-14-18-8-4-2-5-9-18/h3,6-8,10-13,17,21,27H,2,4-5,9,14-16H2,1H3,(H,26,29)/t21-/m1/s1. The van der Waals surface area contributed by atoms with E-state index in [4.69, 9.17) is 4.42 Å². The molecule has 1 heterocycles. The topological polar surface area (TPSA) is 110 Å². The zero-order valence-electron chi connectivity index (χ0n) is 19.1. The fourth-order valence-corrected chi connectivity index (χ4v) is 5.39. The average Bonchev–Trinajstić information content (AvgIpc) is 3.12. The van der Waals surface area contributed by atoms with Gasteiger partial charge in [0.15, 0.2) is 5.58 Å². The molecule has 0 unspecified atom stereocenters. The van der Waals surface area contributed by atoms with E-state index in [0.717, 1.165) is 24.8 Å². The number of benzene rings is 2. The largest absolute Gasteiger partial charge is 0.419 e. The number of carbonyl (C=O) groups is 1. The summed E-state index contributed by atoms with van der Waals surface area (Å²) in [5.74, 6) is -0.955. The number of amides is 1. The molecule has 1 aromatic heterocycles. The van der Waals surface area contributed by atoms with E-state index >= 15 is 0 Å². The van der Waals surface area contributed by atoms with Crippen LogP contribution in [-0.2, 0) is 28.3 Å². The molecule has 9 heteroatoms. The first-order chi connectivity index (χ1) is 16.3. The van der Waals surface area contributed by atoms with Crippen LogP contribution in [0.25, 0.3) is 11.1 Å². The lowest BCUT2D eigenvalue weighted by Crippen LogP contribution is -2.48. The van der Waals surface area contributed by atoms with Gasteiger partial charge in [-0.3, -0.25) is 9.36 Å². The Hall–Kier alpha value is -3.17. The van der Waals surface area contributed by atoms with Gasteiger partial charge in [0.05, 0.1) is 10.4 Å². The molecule has 1 aliphatic rings. The number of aryl methyl sites for hydroxylation is 1. The van der Waals surface area contributed by atoms with Crippen LogP contribution in [0.5, 0.6) is 0 Å². The third-order valence-corrected chi connectivity index (χ3v) is 7.57. The summed E-state index contributed by atoms with van der Waals surface area (Å²) in [4.78, 5) is 24.7. The molecule has 1 amide bonds. The highest BCUT2D eigenvalue weighted by Gasteiger charge is 2.27. The van der Waals surface area contributed by atoms with E-state index in [9.17, 15) is 18.0 Å². The number of nitrogens with one attached hydrogen (secondary N) is 2. The van der Waals surface area contributed by atoms with E-state index in [1.165, 1.54) is 41.2 Å². The second-order valence-electron chi connectivity index (χ2n) is 8.57. The molecule has 0 radical (unpaired) electrons. The summed E-state index contributed by atoms with van der Waals surface area (Å²) in [6.45, 7) is 0.457. The number of oxazole rings is 1. The first kappa shape index (κ1) is 24.0. The Balaban J connectivity index is 1.52. The number of aromatic nitrogens is 1. The van der Waals surface area contributed by atoms with Crippen molar-refractivity contribution in [2.45, 2.75) is 49.5 Å². The fourth-order valence-electron chi connectivity index (χ4n) is 4.18. The SMILES string of the molecule is Cn1c(=O)oc2cc(S(=O)(=O)N[C@H](Cc3ccccc3)C(=O)NCCC3=CCCCC3)ccc21. The molecular weight excluding hydrogens is 454 g/mol. The monoisotopic (exact) mass is 483 g/mol. The van der Waals surface area contributed by atoms with Crippen molar-refractivity contribution in [3.63, 3.8) is 0 Å². The maximum absolute atomic E-state index is 13.2. The zero-order chi connectivity index (χ0) is 24.1. The van der Waals surface area contributed by atoms with Crippen molar-refractivity contribution in [2.75, 3.05) is 6.54 Å². The highest BCUT2D eigenvalue weighted by atomic mass is 32.2. The molecular formula is C25H29N3O5S. The number of hydrogen-bond acceptors (Lipinski definition) is 5. The molecule has 0 saturated carbocycles. The van der Waals surface area contributed by atoms with E-state index in [0.29, 0.717) is 12.1 Å². The lowest BCUT2D eigenvalue weighted by atomic mass is 9.97. The summed E-state index contributed by atoms with van der Waals surface area (Å²) in [6, 6.07) is 12.5. The summed E-state index contributed by atoms with van der Waals surface area (Å²) in [6.07, 6.45) is 7.70. The molecule has 0 saturated heterocycles. The number of fused-ring (bicyclic) bond motifs is 1. The van der Waals surface area contributed by atoms with Crippen LogP contribution < -0.4 is 15.8 Å². The van der Waals surface area contributed by atoms with Crippen LogP contribution in [0.15, 0.2) is 74.3 Å². The number of hydrogen-bond donors (Lipinski definition) is 2. The normalized spacial score (nSPS) is 15.1. The van der Waals surface area contributed by atoms with E-state index in [1.807, 2.05) is 30.3 Å². The summed E-state index contributed by atoms with van der Waals surface area (Å²) in [5, 5.41) is 2.89. The molecule has 34 heavy (non-hydrogen) atoms. The molecule has 2 aromatic carbocycles. The molecule has 0 bridgehead atoms. The van der Waals surface area contributed by atoms with Crippen molar-refractivity contribution in [1.82, 2.24) is 14.6 Å². The Labute approximate surface area is 198 Å². The molecule has 3 aromatic rings. The Bertz CT molecular complexity index is 1360. The van der Waals surface area contributed by atoms with E-state index in [-0.39, 0.29) is 22.8 Å². The molecule has 8 nitrogen and oxygen atoms in total. The van der Waals surface area contributed by atoms with Crippen molar-refractivity contribution in [2.24, 2.45) is 7.05 Å². The van der Waals surface area contributed by atoms with Crippen LogP contribution in [-0.4, -0.2) is 31.5 Å². The van der Waals surface area contributed by atoms with Gasteiger partial charge in [0.25, 0.3) is 0 Å². The van der Waals surface area contributed by atoms with Crippen LogP contribution >= 0.6 is 0 Å². The van der Waals surface area contributed by atoms with E-state index in [2.05, 4.69) is 16.1 Å². The first-order valence-corrected chi connectivity index (χ1v) is 12.9. The van der Waals surface area contributed by atoms with Crippen molar-refractivity contribution in [3.8, 4) is 0 Å². The minimum absolute atomic E-state index is 0.0763. The van der Waals surface area contributed by atoms with Gasteiger partial charge in [-0.25, -0.2) is 13.2 Å². The Morgan fingerprint density at radius 1 is 1.15 bits per heavy atom. The Morgan fingerprint density at radius 2 is 1.94 bits per heavy atom. The first-order valence-electron chi connectivity index (χ1n) is 11.4. The van der Waals surface area contributed by atoms with Gasteiger partial charge in [-0.15, -0.1) is 0 Å². The summed E-state index contributed by atoms with van der Waals surface area (Å²) >= 11 is 0. The second kappa shape index (κ2) is 10.4. The van der Waals surface area contributed by atoms with Gasteiger partial charge in [0.1, 0.15) is 6.04 Å². The quantitative estimate of drug-likeness (QED) is 0.455. The smallest absolute Gasteiger partial charge is 0.408 e. The predicted octanol–water partition coefficient (Wildman–Crippen LogP) is 3.03. The molecule has 180 valence electrons. The van der Waals surface area contributed by atoms with Gasteiger partial charge < -0.3 is 9.73 Å². The number of nitrogens with zero attached hydrogens (tertiary/aromatic N) is 1. The van der Waals surface area contributed by atoms with Gasteiger partial charge >= 0.3 is 5.76 Å². The average molecular weight is 484 g/mol. The minimum Gasteiger partial charge on any atom is -0.408 e. The van der Waals surface area contributed by atoms with Gasteiger partial charge in [-0.2, -0.15) is 4.72 Å². The van der Waals surface area contributed by atoms with Gasteiger partial charge in [0, 0.05) is 19.7 Å². The van der Waals surface area contributed by atoms with Crippen molar-refractivity contribution >= 4 is 27.0 Å². The number of allylic oxidation sites excluding steroid dienone is 1. The minimum atomic E-state index is -4.06. The Morgan fingerprint density at radius 3 is 2.68 bits per heavy atom. The van der Waals surface area contributed by atoms with Gasteiger partial charge in [0.2, 0.25) is 15.9 Å². The molecule has 4 rings (SSSR count). The van der Waals surface area contributed by atoms with E-state index in [1.54, 1.807) is 7.05 Å². The highest BCUT2D eigenvalue weighted by Crippen LogP contribution is 2.20. The lowest BCUT2D eigenvalue weighted by molar-refractivity contribution is -0.122. The van der Waals surface area contributed by atoms with Crippen LogP contribution in [0.4, 0.5) is 0 Å². The number of rotatable bonds is 9. The van der Waals surface area contributed by atoms with Crippen LogP contribution in [0.2, 0.25) is 0 Å². The third kappa shape index (κ3) is 5.66. The molecule has 0 fully saturated rings. The Kier molecular flexibility index (Phi) is 7.33. The predicted molar refractivity (Wildman–Crippen MR) is 130 cm³/mol. The number of sulfonamides is 1. The van der Waals surface area contributed by atoms with Crippen molar-refractivity contribution in [3.05, 3.63) is 76.3 Å². The zero-order valence-corrected chi connectivity index (χ0v) is 19.9. The van der Waals surface area contributed by atoms with Crippen LogP contribution in [0.3, 0.4) is 0 Å². The van der Waals surface area contributed by atoms with Crippen LogP contribution in [0.1, 0.15) is 37.7 Å². The highest BCUT2D eigenvalue weighted by molar-refractivity contribution is 7.89. The van der Waals surface area contributed by atoms with Gasteiger partial charge in [-0.05, 0) is 56.2 Å². The summed E-state index contributed by atoms with van der Waals surface area (Å²) in [5.41, 5.74) is 2.83. The maximum Gasteiger partial charge on any atom is 0.419 e. The maximum atomic E-state index is 13.2. The summed E-state index contributed by atoms with van der Waals surface area (Å²) < 4.78 is 35.3. The number of carbonyl (C=O) groups excluding carboxylic acids is 1. The molecule has 0 spiro atoms.